The Bertz CT molecular complexity index is 1160. The van der Waals surface area contributed by atoms with E-state index in [1.165, 1.54) is 0 Å². The summed E-state index contributed by atoms with van der Waals surface area (Å²) in [5.41, 5.74) is 7.80. The van der Waals surface area contributed by atoms with Crippen LogP contribution >= 0.6 is 0 Å². The van der Waals surface area contributed by atoms with Crippen molar-refractivity contribution >= 4 is 22.8 Å². The number of hydrogen-bond donors (Lipinski definition) is 1. The SMILES string of the molecule is Cc1ccc(Cn2c(=O)c(C(=O)N3CCC(C(N)=O)CC3)cc3cccnc32)cc1. The van der Waals surface area contributed by atoms with E-state index in [9.17, 15) is 14.4 Å². The van der Waals surface area contributed by atoms with Crippen LogP contribution in [0.3, 0.4) is 0 Å². The van der Waals surface area contributed by atoms with Crippen LogP contribution in [0.1, 0.15) is 34.3 Å². The molecule has 0 saturated carbocycles. The molecule has 3 aromatic rings. The van der Waals surface area contributed by atoms with E-state index in [2.05, 4.69) is 4.98 Å². The van der Waals surface area contributed by atoms with E-state index in [0.717, 1.165) is 16.5 Å². The van der Waals surface area contributed by atoms with Crippen LogP contribution in [0.2, 0.25) is 0 Å². The number of amides is 2. The van der Waals surface area contributed by atoms with Gasteiger partial charge in [-0.15, -0.1) is 0 Å². The molecule has 0 aliphatic carbocycles. The van der Waals surface area contributed by atoms with Gasteiger partial charge < -0.3 is 10.6 Å². The summed E-state index contributed by atoms with van der Waals surface area (Å²) < 4.78 is 1.56. The summed E-state index contributed by atoms with van der Waals surface area (Å²) in [6, 6.07) is 13.2. The highest BCUT2D eigenvalue weighted by molar-refractivity contribution is 5.97. The van der Waals surface area contributed by atoms with E-state index in [4.69, 9.17) is 5.73 Å². The largest absolute Gasteiger partial charge is 0.369 e. The number of hydrogen-bond acceptors (Lipinski definition) is 4. The Hall–Kier alpha value is -3.48. The fourth-order valence-corrected chi connectivity index (χ4v) is 3.92. The number of primary amides is 1. The molecule has 1 aromatic carbocycles. The predicted octanol–water partition coefficient (Wildman–Crippen LogP) is 2.09. The van der Waals surface area contributed by atoms with Gasteiger partial charge in [-0.3, -0.25) is 19.0 Å². The van der Waals surface area contributed by atoms with Crippen molar-refractivity contribution in [2.24, 2.45) is 11.7 Å². The second-order valence-corrected chi connectivity index (χ2v) is 7.82. The Morgan fingerprint density at radius 2 is 1.83 bits per heavy atom. The highest BCUT2D eigenvalue weighted by atomic mass is 16.2. The maximum Gasteiger partial charge on any atom is 0.265 e. The second kappa shape index (κ2) is 8.10. The van der Waals surface area contributed by atoms with E-state index in [-0.39, 0.29) is 28.9 Å². The van der Waals surface area contributed by atoms with Gasteiger partial charge in [0.15, 0.2) is 0 Å². The zero-order valence-electron chi connectivity index (χ0n) is 16.9. The number of carbonyl (C=O) groups excluding carboxylic acids is 2. The molecule has 2 aromatic heterocycles. The van der Waals surface area contributed by atoms with Crippen LogP contribution < -0.4 is 11.3 Å². The molecule has 0 radical (unpaired) electrons. The zero-order chi connectivity index (χ0) is 21.3. The molecule has 1 aliphatic rings. The number of aryl methyl sites for hydroxylation is 1. The van der Waals surface area contributed by atoms with Crippen molar-refractivity contribution in [2.75, 3.05) is 13.1 Å². The van der Waals surface area contributed by atoms with Crippen molar-refractivity contribution in [3.8, 4) is 0 Å². The first-order valence-electron chi connectivity index (χ1n) is 10.1. The van der Waals surface area contributed by atoms with Gasteiger partial charge in [0.05, 0.1) is 6.54 Å². The average Bonchev–Trinajstić information content (AvgIpc) is 2.76. The lowest BCUT2D eigenvalue weighted by atomic mass is 9.96. The Morgan fingerprint density at radius 3 is 2.50 bits per heavy atom. The Balaban J connectivity index is 1.71. The lowest BCUT2D eigenvalue weighted by Gasteiger charge is -2.30. The van der Waals surface area contributed by atoms with Crippen LogP contribution in [0.5, 0.6) is 0 Å². The van der Waals surface area contributed by atoms with E-state index in [0.29, 0.717) is 38.1 Å². The van der Waals surface area contributed by atoms with Crippen LogP contribution in [-0.4, -0.2) is 39.4 Å². The molecule has 154 valence electrons. The molecule has 2 amide bonds. The van der Waals surface area contributed by atoms with Crippen molar-refractivity contribution in [1.29, 1.82) is 0 Å². The monoisotopic (exact) mass is 404 g/mol. The molecule has 1 saturated heterocycles. The van der Waals surface area contributed by atoms with Crippen molar-refractivity contribution < 1.29 is 9.59 Å². The summed E-state index contributed by atoms with van der Waals surface area (Å²) in [4.78, 5) is 43.9. The first-order valence-corrected chi connectivity index (χ1v) is 10.1. The Labute approximate surface area is 174 Å². The molecule has 7 nitrogen and oxygen atoms in total. The molecule has 30 heavy (non-hydrogen) atoms. The molecule has 1 fully saturated rings. The number of fused-ring (bicyclic) bond motifs is 1. The number of nitrogens with two attached hydrogens (primary N) is 1. The fraction of sp³-hybridized carbons (Fsp3) is 0.304. The molecule has 3 heterocycles. The molecule has 4 rings (SSSR count). The van der Waals surface area contributed by atoms with Gasteiger partial charge >= 0.3 is 0 Å². The minimum absolute atomic E-state index is 0.125. The number of likely N-dealkylation sites (tertiary alicyclic amines) is 1. The summed E-state index contributed by atoms with van der Waals surface area (Å²) in [5, 5.41) is 0.736. The van der Waals surface area contributed by atoms with Crippen LogP contribution in [0.4, 0.5) is 0 Å². The minimum Gasteiger partial charge on any atom is -0.369 e. The van der Waals surface area contributed by atoms with E-state index in [1.54, 1.807) is 27.8 Å². The number of nitrogens with zero attached hydrogens (tertiary/aromatic N) is 3. The van der Waals surface area contributed by atoms with E-state index in [1.807, 2.05) is 37.3 Å². The van der Waals surface area contributed by atoms with E-state index >= 15 is 0 Å². The second-order valence-electron chi connectivity index (χ2n) is 7.82. The lowest BCUT2D eigenvalue weighted by molar-refractivity contribution is -0.123. The van der Waals surface area contributed by atoms with Gasteiger partial charge in [-0.1, -0.05) is 29.8 Å². The highest BCUT2D eigenvalue weighted by Crippen LogP contribution is 2.20. The number of aromatic nitrogens is 2. The topological polar surface area (TPSA) is 98.3 Å². The third-order valence-corrected chi connectivity index (χ3v) is 5.72. The Kier molecular flexibility index (Phi) is 5.35. The summed E-state index contributed by atoms with van der Waals surface area (Å²) in [7, 11) is 0. The smallest absolute Gasteiger partial charge is 0.265 e. The maximum absolute atomic E-state index is 13.3. The third kappa shape index (κ3) is 3.83. The molecule has 0 unspecified atom stereocenters. The van der Waals surface area contributed by atoms with Gasteiger partial charge in [0.25, 0.3) is 11.5 Å². The minimum atomic E-state index is -0.358. The number of piperidine rings is 1. The predicted molar refractivity (Wildman–Crippen MR) is 114 cm³/mol. The fourth-order valence-electron chi connectivity index (χ4n) is 3.92. The van der Waals surface area contributed by atoms with Crippen LogP contribution in [-0.2, 0) is 11.3 Å². The molecule has 0 atom stereocenters. The average molecular weight is 404 g/mol. The summed E-state index contributed by atoms with van der Waals surface area (Å²) in [6.07, 6.45) is 2.69. The van der Waals surface area contributed by atoms with Gasteiger partial charge in [-0.05, 0) is 43.5 Å². The molecule has 0 bridgehead atoms. The molecule has 2 N–H and O–H groups in total. The van der Waals surface area contributed by atoms with Crippen LogP contribution in [0.25, 0.3) is 11.0 Å². The van der Waals surface area contributed by atoms with Crippen LogP contribution in [0.15, 0.2) is 53.5 Å². The number of pyridine rings is 2. The van der Waals surface area contributed by atoms with Gasteiger partial charge in [-0.2, -0.15) is 0 Å². The quantitative estimate of drug-likeness (QED) is 0.720. The van der Waals surface area contributed by atoms with Crippen molar-refractivity contribution in [1.82, 2.24) is 14.5 Å². The number of rotatable bonds is 4. The molecule has 7 heteroatoms. The van der Waals surface area contributed by atoms with Crippen molar-refractivity contribution in [3.63, 3.8) is 0 Å². The summed E-state index contributed by atoms with van der Waals surface area (Å²) in [5.74, 6) is -0.862. The lowest BCUT2D eigenvalue weighted by Crippen LogP contribution is -2.43. The van der Waals surface area contributed by atoms with Gasteiger partial charge in [0.1, 0.15) is 11.2 Å². The first-order chi connectivity index (χ1) is 14.4. The van der Waals surface area contributed by atoms with Gasteiger partial charge in [0.2, 0.25) is 5.91 Å². The van der Waals surface area contributed by atoms with Crippen LogP contribution in [0, 0.1) is 12.8 Å². The van der Waals surface area contributed by atoms with Crippen molar-refractivity contribution in [2.45, 2.75) is 26.3 Å². The number of benzene rings is 1. The zero-order valence-corrected chi connectivity index (χ0v) is 16.9. The third-order valence-electron chi connectivity index (χ3n) is 5.72. The van der Waals surface area contributed by atoms with Crippen molar-refractivity contribution in [3.05, 3.63) is 75.7 Å². The molecule has 0 spiro atoms. The summed E-state index contributed by atoms with van der Waals surface area (Å²) >= 11 is 0. The highest BCUT2D eigenvalue weighted by Gasteiger charge is 2.28. The van der Waals surface area contributed by atoms with Gasteiger partial charge in [-0.25, -0.2) is 4.98 Å². The molecular weight excluding hydrogens is 380 g/mol. The first kappa shape index (κ1) is 19.8. The summed E-state index contributed by atoms with van der Waals surface area (Å²) in [6.45, 7) is 3.16. The standard InChI is InChI=1S/C23H24N4O3/c1-15-4-6-16(7-5-15)14-27-21-18(3-2-10-25-21)13-19(23(27)30)22(29)26-11-8-17(9-12-26)20(24)28/h2-7,10,13,17H,8-9,11-12,14H2,1H3,(H2,24,28). The maximum atomic E-state index is 13.3. The Morgan fingerprint density at radius 1 is 1.13 bits per heavy atom. The van der Waals surface area contributed by atoms with E-state index < -0.39 is 0 Å². The number of carbonyl (C=O) groups is 2. The molecule has 1 aliphatic heterocycles. The van der Waals surface area contributed by atoms with Gasteiger partial charge in [0, 0.05) is 30.6 Å². The normalized spacial score (nSPS) is 14.8. The molecular formula is C23H24N4O3.